The third kappa shape index (κ3) is 2.67. The fourth-order valence-electron chi connectivity index (χ4n) is 2.07. The molecule has 1 saturated carbocycles. The lowest BCUT2D eigenvalue weighted by molar-refractivity contribution is 0.111. The van der Waals surface area contributed by atoms with Crippen LogP contribution in [0.1, 0.15) is 47.2 Å². The van der Waals surface area contributed by atoms with Gasteiger partial charge in [-0.15, -0.1) is 0 Å². The molecule has 3 nitrogen and oxygen atoms in total. The van der Waals surface area contributed by atoms with Crippen LogP contribution in [-0.4, -0.2) is 24.6 Å². The molecule has 1 aliphatic carbocycles. The van der Waals surface area contributed by atoms with Gasteiger partial charge in [0, 0.05) is 0 Å². The molecule has 1 aromatic carbocycles. The van der Waals surface area contributed by atoms with Crippen LogP contribution in [0.5, 0.6) is 5.75 Å². The lowest BCUT2D eigenvalue weighted by Gasteiger charge is -2.14. The van der Waals surface area contributed by atoms with Gasteiger partial charge in [0.05, 0.1) is 12.2 Å². The zero-order valence-electron chi connectivity index (χ0n) is 10.1. The van der Waals surface area contributed by atoms with Gasteiger partial charge in [-0.05, 0) is 42.4 Å². The van der Waals surface area contributed by atoms with Crippen LogP contribution < -0.4 is 4.74 Å². The Balaban J connectivity index is 2.36. The maximum absolute atomic E-state index is 11.1. The second-order valence-electron chi connectivity index (χ2n) is 4.42. The summed E-state index contributed by atoms with van der Waals surface area (Å²) in [7, 11) is 0. The van der Waals surface area contributed by atoms with Crippen molar-refractivity contribution in [2.24, 2.45) is 0 Å². The third-order valence-electron chi connectivity index (χ3n) is 3.11. The number of aryl methyl sites for hydroxylation is 1. The molecule has 1 fully saturated rings. The van der Waals surface area contributed by atoms with E-state index in [9.17, 15) is 4.79 Å². The first kappa shape index (κ1) is 12.1. The maximum atomic E-state index is 11.1. The Kier molecular flexibility index (Phi) is 3.79. The highest BCUT2D eigenvalue weighted by molar-refractivity contribution is 5.81. The Bertz CT molecular complexity index is 408. The van der Waals surface area contributed by atoms with Crippen molar-refractivity contribution in [3.63, 3.8) is 0 Å². The molecule has 92 valence electrons. The van der Waals surface area contributed by atoms with Crippen LogP contribution in [-0.2, 0) is 6.42 Å². The van der Waals surface area contributed by atoms with E-state index in [-0.39, 0.29) is 13.2 Å². The topological polar surface area (TPSA) is 46.5 Å². The highest BCUT2D eigenvalue weighted by Gasteiger charge is 2.25. The average Bonchev–Trinajstić information content (AvgIpc) is 3.19. The zero-order valence-corrected chi connectivity index (χ0v) is 10.1. The van der Waals surface area contributed by atoms with Crippen molar-refractivity contribution in [1.29, 1.82) is 0 Å². The molecule has 0 aromatic heterocycles. The molecule has 0 bridgehead atoms. The zero-order chi connectivity index (χ0) is 12.3. The lowest BCUT2D eigenvalue weighted by atomic mass is 10.00. The molecule has 0 heterocycles. The van der Waals surface area contributed by atoms with E-state index >= 15 is 0 Å². The van der Waals surface area contributed by atoms with Gasteiger partial charge in [-0.3, -0.25) is 4.79 Å². The SMILES string of the molecule is CCc1cc(C2CC2)cc(C=O)c1OCCO. The number of ether oxygens (including phenoxy) is 1. The Hall–Kier alpha value is -1.35. The first-order valence-corrected chi connectivity index (χ1v) is 6.15. The summed E-state index contributed by atoms with van der Waals surface area (Å²) in [6.07, 6.45) is 4.12. The van der Waals surface area contributed by atoms with Crippen molar-refractivity contribution in [3.05, 3.63) is 28.8 Å². The van der Waals surface area contributed by atoms with E-state index in [1.165, 1.54) is 18.4 Å². The number of rotatable bonds is 6. The number of aliphatic hydroxyl groups excluding tert-OH is 1. The van der Waals surface area contributed by atoms with Gasteiger partial charge in [-0.25, -0.2) is 0 Å². The monoisotopic (exact) mass is 234 g/mol. The normalized spacial score (nSPS) is 14.7. The van der Waals surface area contributed by atoms with Crippen molar-refractivity contribution >= 4 is 6.29 Å². The molecule has 0 radical (unpaired) electrons. The molecule has 0 saturated heterocycles. The summed E-state index contributed by atoms with van der Waals surface area (Å²) in [5.74, 6) is 1.27. The van der Waals surface area contributed by atoms with Gasteiger partial charge in [0.25, 0.3) is 0 Å². The lowest BCUT2D eigenvalue weighted by Crippen LogP contribution is -2.06. The van der Waals surface area contributed by atoms with Crippen LogP contribution >= 0.6 is 0 Å². The Morgan fingerprint density at radius 1 is 1.47 bits per heavy atom. The summed E-state index contributed by atoms with van der Waals surface area (Å²) in [5.41, 5.74) is 2.92. The van der Waals surface area contributed by atoms with Crippen LogP contribution in [0, 0.1) is 0 Å². The number of aldehydes is 1. The summed E-state index contributed by atoms with van der Waals surface area (Å²) in [5, 5.41) is 8.79. The van der Waals surface area contributed by atoms with E-state index < -0.39 is 0 Å². The molecule has 2 rings (SSSR count). The number of carbonyl (C=O) groups is 1. The standard InChI is InChI=1S/C14H18O3/c1-2-10-7-12(11-3-4-11)8-13(9-16)14(10)17-6-5-15/h7-9,11,15H,2-6H2,1H3. The summed E-state index contributed by atoms with van der Waals surface area (Å²) >= 11 is 0. The van der Waals surface area contributed by atoms with Crippen molar-refractivity contribution in [3.8, 4) is 5.75 Å². The van der Waals surface area contributed by atoms with Crippen LogP contribution in [0.4, 0.5) is 0 Å². The Morgan fingerprint density at radius 3 is 2.76 bits per heavy atom. The molecular weight excluding hydrogens is 216 g/mol. The molecule has 0 atom stereocenters. The minimum Gasteiger partial charge on any atom is -0.490 e. The molecule has 3 heteroatoms. The average molecular weight is 234 g/mol. The first-order chi connectivity index (χ1) is 8.30. The molecular formula is C14H18O3. The van der Waals surface area contributed by atoms with Gasteiger partial charge >= 0.3 is 0 Å². The van der Waals surface area contributed by atoms with E-state index in [1.54, 1.807) is 0 Å². The Morgan fingerprint density at radius 2 is 2.24 bits per heavy atom. The Labute approximate surface area is 101 Å². The van der Waals surface area contributed by atoms with Crippen LogP contribution in [0.2, 0.25) is 0 Å². The molecule has 0 unspecified atom stereocenters. The molecule has 1 aliphatic rings. The predicted molar refractivity (Wildman–Crippen MR) is 65.8 cm³/mol. The minimum atomic E-state index is -0.0359. The number of aliphatic hydroxyl groups is 1. The first-order valence-electron chi connectivity index (χ1n) is 6.15. The van der Waals surface area contributed by atoms with E-state index in [0.29, 0.717) is 17.2 Å². The highest BCUT2D eigenvalue weighted by Crippen LogP contribution is 2.42. The number of benzene rings is 1. The third-order valence-corrected chi connectivity index (χ3v) is 3.11. The minimum absolute atomic E-state index is 0.0359. The molecule has 1 aromatic rings. The smallest absolute Gasteiger partial charge is 0.153 e. The highest BCUT2D eigenvalue weighted by atomic mass is 16.5. The van der Waals surface area contributed by atoms with Crippen molar-refractivity contribution in [2.75, 3.05) is 13.2 Å². The van der Waals surface area contributed by atoms with Gasteiger partial charge < -0.3 is 9.84 Å². The van der Waals surface area contributed by atoms with Gasteiger partial charge in [0.2, 0.25) is 0 Å². The van der Waals surface area contributed by atoms with E-state index in [2.05, 4.69) is 6.07 Å². The summed E-state index contributed by atoms with van der Waals surface area (Å²) < 4.78 is 5.47. The fraction of sp³-hybridized carbons (Fsp3) is 0.500. The van der Waals surface area contributed by atoms with Gasteiger partial charge in [-0.1, -0.05) is 13.0 Å². The van der Waals surface area contributed by atoms with Crippen LogP contribution in [0.15, 0.2) is 12.1 Å². The molecule has 0 spiro atoms. The van der Waals surface area contributed by atoms with Crippen molar-refractivity contribution in [2.45, 2.75) is 32.1 Å². The number of hydrogen-bond acceptors (Lipinski definition) is 3. The van der Waals surface area contributed by atoms with E-state index in [4.69, 9.17) is 9.84 Å². The summed E-state index contributed by atoms with van der Waals surface area (Å²) in [6, 6.07) is 4.06. The van der Waals surface area contributed by atoms with Crippen LogP contribution in [0.25, 0.3) is 0 Å². The molecule has 1 N–H and O–H groups in total. The second kappa shape index (κ2) is 5.32. The quantitative estimate of drug-likeness (QED) is 0.768. The molecule has 0 amide bonds. The molecule has 0 aliphatic heterocycles. The predicted octanol–water partition coefficient (Wildman–Crippen LogP) is 2.31. The number of hydrogen-bond donors (Lipinski definition) is 1. The summed E-state index contributed by atoms with van der Waals surface area (Å²) in [6.45, 7) is 2.24. The second-order valence-corrected chi connectivity index (χ2v) is 4.42. The van der Waals surface area contributed by atoms with Crippen molar-refractivity contribution < 1.29 is 14.6 Å². The van der Waals surface area contributed by atoms with Gasteiger partial charge in [0.15, 0.2) is 6.29 Å². The van der Waals surface area contributed by atoms with Gasteiger partial charge in [-0.2, -0.15) is 0 Å². The number of carbonyl (C=O) groups excluding carboxylic acids is 1. The summed E-state index contributed by atoms with van der Waals surface area (Å²) in [4.78, 5) is 11.1. The van der Waals surface area contributed by atoms with E-state index in [1.807, 2.05) is 13.0 Å². The van der Waals surface area contributed by atoms with Gasteiger partial charge in [0.1, 0.15) is 12.4 Å². The fourth-order valence-corrected chi connectivity index (χ4v) is 2.07. The molecule has 17 heavy (non-hydrogen) atoms. The maximum Gasteiger partial charge on any atom is 0.153 e. The van der Waals surface area contributed by atoms with Crippen LogP contribution in [0.3, 0.4) is 0 Å². The largest absolute Gasteiger partial charge is 0.490 e. The van der Waals surface area contributed by atoms with Crippen molar-refractivity contribution in [1.82, 2.24) is 0 Å². The van der Waals surface area contributed by atoms with E-state index in [0.717, 1.165) is 18.3 Å².